The Bertz CT molecular complexity index is 525. The monoisotopic (exact) mass is 275 g/mol. The zero-order chi connectivity index (χ0) is 13.3. The maximum absolute atomic E-state index is 13.6. The highest BCUT2D eigenvalue weighted by Gasteiger charge is 2.36. The lowest BCUT2D eigenvalue weighted by Crippen LogP contribution is -2.38. The summed E-state index contributed by atoms with van der Waals surface area (Å²) in [5.41, 5.74) is 5.46. The summed E-state index contributed by atoms with van der Waals surface area (Å²) >= 11 is 0. The molecule has 2 rings (SSSR count). The minimum absolute atomic E-state index is 0.0431. The van der Waals surface area contributed by atoms with E-state index in [0.717, 1.165) is 12.1 Å². The van der Waals surface area contributed by atoms with E-state index in [9.17, 15) is 17.2 Å². The lowest BCUT2D eigenvalue weighted by atomic mass is 9.99. The predicted octanol–water partition coefficient (Wildman–Crippen LogP) is 1.93. The van der Waals surface area contributed by atoms with Gasteiger partial charge in [0.25, 0.3) is 0 Å². The molecule has 100 valence electrons. The smallest absolute Gasteiger partial charge is 0.155 e. The number of hydrogen-bond acceptors (Lipinski definition) is 3. The molecule has 2 unspecified atom stereocenters. The van der Waals surface area contributed by atoms with Gasteiger partial charge in [0.15, 0.2) is 9.84 Å². The van der Waals surface area contributed by atoms with Crippen molar-refractivity contribution < 1.29 is 17.2 Å². The molecule has 1 aliphatic rings. The number of benzene rings is 1. The molecule has 0 aromatic heterocycles. The summed E-state index contributed by atoms with van der Waals surface area (Å²) in [6.07, 6.45) is 1.66. The molecule has 1 aromatic carbocycles. The van der Waals surface area contributed by atoms with Crippen LogP contribution in [0.3, 0.4) is 0 Å². The Kier molecular flexibility index (Phi) is 3.68. The van der Waals surface area contributed by atoms with E-state index in [-0.39, 0.29) is 11.3 Å². The van der Waals surface area contributed by atoms with Crippen molar-refractivity contribution in [3.8, 4) is 0 Å². The van der Waals surface area contributed by atoms with Crippen LogP contribution in [0.2, 0.25) is 0 Å². The second-order valence-corrected chi connectivity index (χ2v) is 6.90. The van der Waals surface area contributed by atoms with Crippen LogP contribution in [0.1, 0.15) is 30.9 Å². The molecule has 0 saturated carbocycles. The van der Waals surface area contributed by atoms with Gasteiger partial charge in [0, 0.05) is 5.56 Å². The zero-order valence-corrected chi connectivity index (χ0v) is 10.6. The van der Waals surface area contributed by atoms with Crippen molar-refractivity contribution in [3.63, 3.8) is 0 Å². The van der Waals surface area contributed by atoms with Crippen molar-refractivity contribution in [2.75, 3.05) is 5.75 Å². The number of nitrogens with two attached hydrogens (primary N) is 1. The number of hydrogen-bond donors (Lipinski definition) is 1. The SMILES string of the molecule is NC(c1c(F)cccc1F)C1CCCCS1(=O)=O. The molecule has 6 heteroatoms. The topological polar surface area (TPSA) is 60.2 Å². The molecule has 2 atom stereocenters. The van der Waals surface area contributed by atoms with Gasteiger partial charge in [-0.1, -0.05) is 12.5 Å². The molecule has 1 saturated heterocycles. The summed E-state index contributed by atoms with van der Waals surface area (Å²) in [7, 11) is -3.36. The van der Waals surface area contributed by atoms with E-state index in [4.69, 9.17) is 5.73 Å². The molecule has 1 aromatic rings. The molecule has 0 aliphatic carbocycles. The number of halogens is 2. The van der Waals surface area contributed by atoms with Gasteiger partial charge in [-0.25, -0.2) is 17.2 Å². The van der Waals surface area contributed by atoms with Crippen molar-refractivity contribution in [1.82, 2.24) is 0 Å². The molecule has 1 heterocycles. The van der Waals surface area contributed by atoms with Crippen molar-refractivity contribution in [1.29, 1.82) is 0 Å². The molecule has 2 N–H and O–H groups in total. The third-order valence-corrected chi connectivity index (χ3v) is 5.67. The third kappa shape index (κ3) is 2.40. The first-order valence-corrected chi connectivity index (χ1v) is 7.56. The Hall–Kier alpha value is -1.01. The van der Waals surface area contributed by atoms with E-state index in [1.54, 1.807) is 0 Å². The second-order valence-electron chi connectivity index (χ2n) is 4.56. The fourth-order valence-electron chi connectivity index (χ4n) is 2.40. The molecule has 0 radical (unpaired) electrons. The van der Waals surface area contributed by atoms with E-state index >= 15 is 0 Å². The van der Waals surface area contributed by atoms with Crippen molar-refractivity contribution in [2.24, 2.45) is 5.73 Å². The average molecular weight is 275 g/mol. The van der Waals surface area contributed by atoms with Crippen LogP contribution in [0.15, 0.2) is 18.2 Å². The summed E-state index contributed by atoms with van der Waals surface area (Å²) in [6, 6.07) is 2.27. The third-order valence-electron chi connectivity index (χ3n) is 3.36. The molecule has 0 spiro atoms. The second kappa shape index (κ2) is 4.93. The van der Waals surface area contributed by atoms with Gasteiger partial charge in [-0.3, -0.25) is 0 Å². The molecule has 0 amide bonds. The van der Waals surface area contributed by atoms with Gasteiger partial charge < -0.3 is 5.73 Å². The van der Waals surface area contributed by atoms with E-state index in [1.165, 1.54) is 6.07 Å². The average Bonchev–Trinajstić information content (AvgIpc) is 2.27. The summed E-state index contributed by atoms with van der Waals surface area (Å²) < 4.78 is 51.0. The van der Waals surface area contributed by atoms with Gasteiger partial charge in [0.05, 0.1) is 17.0 Å². The van der Waals surface area contributed by atoms with Crippen LogP contribution in [0.25, 0.3) is 0 Å². The minimum atomic E-state index is -3.36. The van der Waals surface area contributed by atoms with Gasteiger partial charge in [-0.2, -0.15) is 0 Å². The fourth-order valence-corrected chi connectivity index (χ4v) is 4.42. The molecular formula is C12H15F2NO2S. The summed E-state index contributed by atoms with van der Waals surface area (Å²) in [4.78, 5) is 0. The summed E-state index contributed by atoms with van der Waals surface area (Å²) in [5, 5.41) is -0.891. The van der Waals surface area contributed by atoms with Crippen LogP contribution < -0.4 is 5.73 Å². The van der Waals surface area contributed by atoms with Crippen LogP contribution in [0.4, 0.5) is 8.78 Å². The number of rotatable bonds is 2. The quantitative estimate of drug-likeness (QED) is 0.897. The normalized spacial score (nSPS) is 24.7. The van der Waals surface area contributed by atoms with E-state index < -0.39 is 32.8 Å². The van der Waals surface area contributed by atoms with Gasteiger partial charge in [0.2, 0.25) is 0 Å². The highest BCUT2D eigenvalue weighted by atomic mass is 32.2. The highest BCUT2D eigenvalue weighted by molar-refractivity contribution is 7.92. The minimum Gasteiger partial charge on any atom is -0.323 e. The van der Waals surface area contributed by atoms with Gasteiger partial charge in [-0.15, -0.1) is 0 Å². The lowest BCUT2D eigenvalue weighted by molar-refractivity contribution is 0.472. The first kappa shape index (κ1) is 13.4. The maximum Gasteiger partial charge on any atom is 0.155 e. The Morgan fingerprint density at radius 1 is 1.22 bits per heavy atom. The van der Waals surface area contributed by atoms with Crippen LogP contribution in [0, 0.1) is 11.6 Å². The van der Waals surface area contributed by atoms with E-state index in [2.05, 4.69) is 0 Å². The number of sulfone groups is 1. The maximum atomic E-state index is 13.6. The Morgan fingerprint density at radius 3 is 2.39 bits per heavy atom. The van der Waals surface area contributed by atoms with E-state index in [1.807, 2.05) is 0 Å². The standard InChI is InChI=1S/C12H15F2NO2S/c13-8-4-3-5-9(14)11(8)12(15)10-6-1-2-7-18(10,16)17/h3-5,10,12H,1-2,6-7,15H2. The Morgan fingerprint density at radius 2 is 1.83 bits per heavy atom. The van der Waals surface area contributed by atoms with Gasteiger partial charge in [0.1, 0.15) is 11.6 Å². The largest absolute Gasteiger partial charge is 0.323 e. The molecule has 1 fully saturated rings. The summed E-state index contributed by atoms with van der Waals surface area (Å²) in [6.45, 7) is 0. The molecule has 1 aliphatic heterocycles. The molecular weight excluding hydrogens is 260 g/mol. The van der Waals surface area contributed by atoms with Crippen LogP contribution >= 0.6 is 0 Å². The van der Waals surface area contributed by atoms with E-state index in [0.29, 0.717) is 19.3 Å². The van der Waals surface area contributed by atoms with Crippen molar-refractivity contribution >= 4 is 9.84 Å². The summed E-state index contributed by atoms with van der Waals surface area (Å²) in [5.74, 6) is -1.53. The predicted molar refractivity (Wildman–Crippen MR) is 64.7 cm³/mol. The first-order valence-electron chi connectivity index (χ1n) is 5.84. The van der Waals surface area contributed by atoms with Gasteiger partial charge >= 0.3 is 0 Å². The van der Waals surface area contributed by atoms with Gasteiger partial charge in [-0.05, 0) is 25.0 Å². The van der Waals surface area contributed by atoms with Crippen molar-refractivity contribution in [2.45, 2.75) is 30.6 Å². The molecule has 18 heavy (non-hydrogen) atoms. The fraction of sp³-hybridized carbons (Fsp3) is 0.500. The highest BCUT2D eigenvalue weighted by Crippen LogP contribution is 2.31. The van der Waals surface area contributed by atoms with Crippen molar-refractivity contribution in [3.05, 3.63) is 35.4 Å². The Balaban J connectivity index is 2.39. The molecule has 3 nitrogen and oxygen atoms in total. The van der Waals surface area contributed by atoms with Crippen LogP contribution in [0.5, 0.6) is 0 Å². The van der Waals surface area contributed by atoms with Crippen LogP contribution in [-0.2, 0) is 9.84 Å². The molecule has 0 bridgehead atoms. The van der Waals surface area contributed by atoms with Crippen LogP contribution in [-0.4, -0.2) is 19.4 Å². The first-order chi connectivity index (χ1) is 8.43. The Labute approximate surface area is 105 Å². The lowest BCUT2D eigenvalue weighted by Gasteiger charge is -2.28. The zero-order valence-electron chi connectivity index (χ0n) is 9.77.